The number of halogens is 1. The van der Waals surface area contributed by atoms with Gasteiger partial charge in [0, 0.05) is 36.5 Å². The summed E-state index contributed by atoms with van der Waals surface area (Å²) in [6, 6.07) is 6.18. The lowest BCUT2D eigenvalue weighted by Gasteiger charge is -2.17. The molecule has 0 aliphatic heterocycles. The van der Waals surface area contributed by atoms with Gasteiger partial charge in [0.15, 0.2) is 0 Å². The number of benzene rings is 1. The number of nitrogens with zero attached hydrogens (tertiary/aromatic N) is 2. The molecule has 23 heavy (non-hydrogen) atoms. The zero-order valence-corrected chi connectivity index (χ0v) is 13.9. The van der Waals surface area contributed by atoms with E-state index in [1.54, 1.807) is 24.0 Å². The second kappa shape index (κ2) is 5.63. The van der Waals surface area contributed by atoms with Crippen LogP contribution in [0.5, 0.6) is 5.75 Å². The van der Waals surface area contributed by atoms with Crippen molar-refractivity contribution in [3.05, 3.63) is 36.3 Å². The Kier molecular flexibility index (Phi) is 3.91. The maximum Gasteiger partial charge on any atom is 0.148 e. The van der Waals surface area contributed by atoms with E-state index in [0.717, 1.165) is 24.1 Å². The fourth-order valence-electron chi connectivity index (χ4n) is 2.76. The number of aromatic nitrogens is 2. The van der Waals surface area contributed by atoms with Gasteiger partial charge in [0.25, 0.3) is 0 Å². The lowest BCUT2D eigenvalue weighted by atomic mass is 10.1. The van der Waals surface area contributed by atoms with Gasteiger partial charge < -0.3 is 4.74 Å². The monoisotopic (exact) mass is 338 g/mol. The normalized spacial score (nSPS) is 16.3. The van der Waals surface area contributed by atoms with Crippen molar-refractivity contribution in [2.75, 3.05) is 18.6 Å². The fourth-order valence-corrected chi connectivity index (χ4v) is 4.24. The molecule has 3 rings (SSSR count). The van der Waals surface area contributed by atoms with Crippen molar-refractivity contribution in [1.82, 2.24) is 9.78 Å². The number of hydrogen-bond donors (Lipinski definition) is 0. The van der Waals surface area contributed by atoms with E-state index in [9.17, 15) is 12.8 Å². The Morgan fingerprint density at radius 1 is 1.35 bits per heavy atom. The van der Waals surface area contributed by atoms with Crippen LogP contribution >= 0.6 is 0 Å². The summed E-state index contributed by atoms with van der Waals surface area (Å²) in [5, 5.41) is 4.11. The van der Waals surface area contributed by atoms with Crippen LogP contribution in [0.25, 0.3) is 11.3 Å². The lowest BCUT2D eigenvalue weighted by molar-refractivity contribution is 0.248. The number of ether oxygens (including phenoxy) is 1. The van der Waals surface area contributed by atoms with Gasteiger partial charge in [-0.25, -0.2) is 12.8 Å². The van der Waals surface area contributed by atoms with Gasteiger partial charge in [-0.1, -0.05) is 0 Å². The molecule has 1 heterocycles. The van der Waals surface area contributed by atoms with E-state index < -0.39 is 9.84 Å². The highest BCUT2D eigenvalue weighted by molar-refractivity contribution is 7.90. The van der Waals surface area contributed by atoms with Gasteiger partial charge in [-0.05, 0) is 31.0 Å². The molecular formula is C16H19FN2O3S. The van der Waals surface area contributed by atoms with Crippen LogP contribution in [0.2, 0.25) is 0 Å². The van der Waals surface area contributed by atoms with E-state index in [4.69, 9.17) is 4.74 Å². The molecule has 1 aromatic carbocycles. The van der Waals surface area contributed by atoms with Crippen LogP contribution in [0.4, 0.5) is 4.39 Å². The highest BCUT2D eigenvalue weighted by Crippen LogP contribution is 2.47. The van der Waals surface area contributed by atoms with Gasteiger partial charge in [0.05, 0.1) is 18.1 Å². The largest absolute Gasteiger partial charge is 0.492 e. The third-order valence-corrected chi connectivity index (χ3v) is 5.24. The molecule has 0 radical (unpaired) electrons. The van der Waals surface area contributed by atoms with Crippen LogP contribution in [0.1, 0.15) is 12.8 Å². The van der Waals surface area contributed by atoms with E-state index in [1.165, 1.54) is 18.4 Å². The van der Waals surface area contributed by atoms with Crippen molar-refractivity contribution < 1.29 is 17.5 Å². The number of aryl methyl sites for hydroxylation is 1. The molecule has 0 amide bonds. The minimum absolute atomic E-state index is 0.107. The molecule has 0 bridgehead atoms. The number of rotatable bonds is 6. The molecule has 1 fully saturated rings. The first-order chi connectivity index (χ1) is 10.8. The predicted octanol–water partition coefficient (Wildman–Crippen LogP) is 2.43. The van der Waals surface area contributed by atoms with Gasteiger partial charge >= 0.3 is 0 Å². The number of sulfone groups is 1. The average molecular weight is 338 g/mol. The molecule has 0 atom stereocenters. The van der Waals surface area contributed by atoms with Gasteiger partial charge in [0.2, 0.25) is 0 Å². The van der Waals surface area contributed by atoms with Crippen molar-refractivity contribution >= 4 is 9.84 Å². The van der Waals surface area contributed by atoms with Crippen molar-refractivity contribution in [3.63, 3.8) is 0 Å². The quantitative estimate of drug-likeness (QED) is 0.812. The summed E-state index contributed by atoms with van der Waals surface area (Å²) in [5.74, 6) is 0.128. The first-order valence-corrected chi connectivity index (χ1v) is 9.43. The van der Waals surface area contributed by atoms with E-state index in [-0.39, 0.29) is 23.6 Å². The van der Waals surface area contributed by atoms with Crippen molar-refractivity contribution in [2.24, 2.45) is 12.5 Å². The summed E-state index contributed by atoms with van der Waals surface area (Å²) < 4.78 is 44.2. The Morgan fingerprint density at radius 3 is 2.65 bits per heavy atom. The smallest absolute Gasteiger partial charge is 0.148 e. The molecular weight excluding hydrogens is 319 g/mol. The van der Waals surface area contributed by atoms with Crippen molar-refractivity contribution in [2.45, 2.75) is 12.8 Å². The minimum atomic E-state index is -3.06. The fraction of sp³-hybridized carbons (Fsp3) is 0.438. The molecule has 124 valence electrons. The molecule has 1 aliphatic rings. The first kappa shape index (κ1) is 16.0. The van der Waals surface area contributed by atoms with Crippen LogP contribution in [0, 0.1) is 11.2 Å². The van der Waals surface area contributed by atoms with Gasteiger partial charge in [0.1, 0.15) is 21.4 Å². The van der Waals surface area contributed by atoms with Crippen LogP contribution in [0.15, 0.2) is 30.5 Å². The molecule has 0 unspecified atom stereocenters. The minimum Gasteiger partial charge on any atom is -0.492 e. The molecule has 1 aliphatic carbocycles. The summed E-state index contributed by atoms with van der Waals surface area (Å²) in [7, 11) is -1.26. The van der Waals surface area contributed by atoms with Gasteiger partial charge in [-0.2, -0.15) is 5.10 Å². The lowest BCUT2D eigenvalue weighted by Crippen LogP contribution is -2.23. The van der Waals surface area contributed by atoms with Crippen molar-refractivity contribution in [3.8, 4) is 17.0 Å². The second-order valence-electron chi connectivity index (χ2n) is 6.34. The van der Waals surface area contributed by atoms with E-state index >= 15 is 0 Å². The molecule has 1 aromatic heterocycles. The summed E-state index contributed by atoms with van der Waals surface area (Å²) in [5.41, 5.74) is 1.22. The third kappa shape index (κ3) is 3.72. The van der Waals surface area contributed by atoms with E-state index in [0.29, 0.717) is 5.75 Å². The number of hydrogen-bond acceptors (Lipinski definition) is 4. The molecule has 5 nitrogen and oxygen atoms in total. The van der Waals surface area contributed by atoms with Crippen LogP contribution in [-0.2, 0) is 16.9 Å². The van der Waals surface area contributed by atoms with Gasteiger partial charge in [-0.3, -0.25) is 4.68 Å². The zero-order valence-electron chi connectivity index (χ0n) is 13.1. The Bertz CT molecular complexity index is 826. The topological polar surface area (TPSA) is 61.2 Å². The molecule has 0 spiro atoms. The van der Waals surface area contributed by atoms with Crippen LogP contribution < -0.4 is 4.74 Å². The predicted molar refractivity (Wildman–Crippen MR) is 85.5 cm³/mol. The molecule has 0 N–H and O–H groups in total. The summed E-state index contributed by atoms with van der Waals surface area (Å²) in [6.45, 7) is 0.272. The first-order valence-electron chi connectivity index (χ1n) is 7.37. The third-order valence-electron chi connectivity index (χ3n) is 4.10. The zero-order chi connectivity index (χ0) is 16.7. The Balaban J connectivity index is 1.83. The Hall–Kier alpha value is -1.89. The molecule has 0 saturated heterocycles. The molecule has 2 aromatic rings. The highest BCUT2D eigenvalue weighted by Gasteiger charge is 2.46. The maximum atomic E-state index is 13.6. The highest BCUT2D eigenvalue weighted by atomic mass is 32.2. The maximum absolute atomic E-state index is 13.6. The average Bonchev–Trinajstić information content (AvgIpc) is 3.06. The standard InChI is InChI=1S/C16H19FN2O3S/c1-19-14(5-8-18-19)13-4-3-12(17)9-15(13)22-10-16(6-7-16)11-23(2,20)21/h3-5,8-9H,6-7,10-11H2,1-2H3. The second-order valence-corrected chi connectivity index (χ2v) is 8.48. The van der Waals surface area contributed by atoms with Crippen molar-refractivity contribution in [1.29, 1.82) is 0 Å². The van der Waals surface area contributed by atoms with E-state index in [1.807, 2.05) is 6.07 Å². The van der Waals surface area contributed by atoms with E-state index in [2.05, 4.69) is 5.10 Å². The summed E-state index contributed by atoms with van der Waals surface area (Å²) in [6.07, 6.45) is 4.53. The SMILES string of the molecule is Cn1nccc1-c1ccc(F)cc1OCC1(CS(C)(=O)=O)CC1. The van der Waals surface area contributed by atoms with Gasteiger partial charge in [-0.15, -0.1) is 0 Å². The Morgan fingerprint density at radius 2 is 2.09 bits per heavy atom. The molecule has 1 saturated carbocycles. The Labute approximate surface area is 135 Å². The van der Waals surface area contributed by atoms with Crippen LogP contribution in [-0.4, -0.2) is 36.8 Å². The summed E-state index contributed by atoms with van der Waals surface area (Å²) >= 11 is 0. The molecule has 7 heteroatoms. The van der Waals surface area contributed by atoms with Crippen LogP contribution in [0.3, 0.4) is 0 Å². The summed E-state index contributed by atoms with van der Waals surface area (Å²) in [4.78, 5) is 0.